The highest BCUT2D eigenvalue weighted by Gasteiger charge is 2.35. The lowest BCUT2D eigenvalue weighted by molar-refractivity contribution is 0.0517. The largest absolute Gasteiger partial charge is 0.495 e. The number of carbonyl (C=O) groups excluding carboxylic acids is 2. The highest BCUT2D eigenvalue weighted by atomic mass is 35.5. The van der Waals surface area contributed by atoms with E-state index in [1.54, 1.807) is 24.3 Å². The van der Waals surface area contributed by atoms with E-state index in [0.717, 1.165) is 17.0 Å². The summed E-state index contributed by atoms with van der Waals surface area (Å²) in [4.78, 5) is 25.1. The SMILES string of the molecule is COc1cc(N)c(F)cc1Cl.O=C1c2ccccc2C(=O)N1COc1ccc(Cl)cc1F. The van der Waals surface area contributed by atoms with Crippen LogP contribution in [0.25, 0.3) is 0 Å². The summed E-state index contributed by atoms with van der Waals surface area (Å²) in [6.07, 6.45) is 0. The average molecular weight is 481 g/mol. The summed E-state index contributed by atoms with van der Waals surface area (Å²) in [5.41, 5.74) is 5.93. The highest BCUT2D eigenvalue weighted by Crippen LogP contribution is 2.28. The molecule has 2 amide bonds. The smallest absolute Gasteiger partial charge is 0.264 e. The highest BCUT2D eigenvalue weighted by molar-refractivity contribution is 6.32. The molecule has 0 saturated carbocycles. The number of benzene rings is 3. The van der Waals surface area contributed by atoms with Gasteiger partial charge in [0.25, 0.3) is 11.8 Å². The third-order valence-electron chi connectivity index (χ3n) is 4.39. The number of anilines is 1. The summed E-state index contributed by atoms with van der Waals surface area (Å²) < 4.78 is 36.2. The number of carbonyl (C=O) groups is 2. The van der Waals surface area contributed by atoms with Crippen molar-refractivity contribution in [1.29, 1.82) is 0 Å². The molecule has 3 aromatic carbocycles. The van der Waals surface area contributed by atoms with Crippen molar-refractivity contribution in [1.82, 2.24) is 4.90 Å². The van der Waals surface area contributed by atoms with Crippen LogP contribution in [-0.2, 0) is 0 Å². The maximum atomic E-state index is 13.6. The molecule has 32 heavy (non-hydrogen) atoms. The molecule has 0 bridgehead atoms. The number of nitrogens with zero attached hydrogens (tertiary/aromatic N) is 1. The lowest BCUT2D eigenvalue weighted by Crippen LogP contribution is -2.33. The van der Waals surface area contributed by atoms with Gasteiger partial charge in [0.2, 0.25) is 0 Å². The summed E-state index contributed by atoms with van der Waals surface area (Å²) in [5.74, 6) is -1.79. The maximum Gasteiger partial charge on any atom is 0.264 e. The predicted octanol–water partition coefficient (Wildman–Crippen LogP) is 5.18. The van der Waals surface area contributed by atoms with Crippen molar-refractivity contribution in [2.24, 2.45) is 0 Å². The number of imide groups is 1. The Morgan fingerprint density at radius 1 is 0.906 bits per heavy atom. The van der Waals surface area contributed by atoms with Crippen LogP contribution in [0.4, 0.5) is 14.5 Å². The van der Waals surface area contributed by atoms with Gasteiger partial charge in [0.15, 0.2) is 18.3 Å². The fourth-order valence-electron chi connectivity index (χ4n) is 2.78. The Morgan fingerprint density at radius 3 is 2.09 bits per heavy atom. The quantitative estimate of drug-likeness (QED) is 0.410. The van der Waals surface area contributed by atoms with Crippen molar-refractivity contribution in [3.05, 3.63) is 87.4 Å². The number of amides is 2. The number of methoxy groups -OCH3 is 1. The second kappa shape index (κ2) is 9.84. The minimum Gasteiger partial charge on any atom is -0.495 e. The van der Waals surface area contributed by atoms with Crippen LogP contribution in [0.3, 0.4) is 0 Å². The van der Waals surface area contributed by atoms with Gasteiger partial charge in [-0.3, -0.25) is 9.59 Å². The van der Waals surface area contributed by atoms with E-state index in [0.29, 0.717) is 16.9 Å². The number of halogens is 4. The number of nitrogen functional groups attached to an aromatic ring is 1. The van der Waals surface area contributed by atoms with Gasteiger partial charge in [-0.05, 0) is 36.4 Å². The standard InChI is InChI=1S/C15H9ClFNO3.C7H7ClFNO/c16-9-5-6-13(12(17)7-9)21-8-18-14(19)10-3-1-2-4-11(10)15(18)20;1-11-7-3-6(10)5(9)2-4(7)8/h1-7H,8H2;2-3H,10H2,1H3. The van der Waals surface area contributed by atoms with E-state index in [4.69, 9.17) is 38.4 Å². The number of nitrogens with two attached hydrogens (primary N) is 1. The first-order valence-electron chi connectivity index (χ1n) is 9.04. The van der Waals surface area contributed by atoms with E-state index in [1.807, 2.05) is 0 Å². The summed E-state index contributed by atoms with van der Waals surface area (Å²) in [6, 6.07) is 12.8. The Morgan fingerprint density at radius 2 is 1.53 bits per heavy atom. The van der Waals surface area contributed by atoms with Crippen LogP contribution < -0.4 is 15.2 Å². The molecule has 0 unspecified atom stereocenters. The molecule has 2 N–H and O–H groups in total. The monoisotopic (exact) mass is 480 g/mol. The second-order valence-electron chi connectivity index (χ2n) is 6.44. The Bertz CT molecular complexity index is 1160. The minimum atomic E-state index is -0.654. The Labute approximate surface area is 192 Å². The molecular weight excluding hydrogens is 465 g/mol. The molecule has 3 aromatic rings. The van der Waals surface area contributed by atoms with Gasteiger partial charge in [-0.2, -0.15) is 0 Å². The fourth-order valence-corrected chi connectivity index (χ4v) is 3.17. The van der Waals surface area contributed by atoms with Crippen LogP contribution in [0.15, 0.2) is 54.6 Å². The van der Waals surface area contributed by atoms with Crippen LogP contribution >= 0.6 is 23.2 Å². The third-order valence-corrected chi connectivity index (χ3v) is 4.92. The average Bonchev–Trinajstić information content (AvgIpc) is 3.01. The van der Waals surface area contributed by atoms with Crippen molar-refractivity contribution in [2.75, 3.05) is 19.6 Å². The van der Waals surface area contributed by atoms with Crippen molar-refractivity contribution in [3.8, 4) is 11.5 Å². The van der Waals surface area contributed by atoms with Gasteiger partial charge in [-0.1, -0.05) is 35.3 Å². The zero-order chi connectivity index (χ0) is 23.4. The van der Waals surface area contributed by atoms with Gasteiger partial charge in [0, 0.05) is 11.1 Å². The topological polar surface area (TPSA) is 81.9 Å². The van der Waals surface area contributed by atoms with Crippen LogP contribution in [0.1, 0.15) is 20.7 Å². The normalized spacial score (nSPS) is 12.2. The lowest BCUT2D eigenvalue weighted by Gasteiger charge is -2.15. The Hall–Kier alpha value is -3.36. The molecule has 4 rings (SSSR count). The number of fused-ring (bicyclic) bond motifs is 1. The molecule has 166 valence electrons. The molecule has 0 saturated heterocycles. The van der Waals surface area contributed by atoms with Crippen LogP contribution in [0.2, 0.25) is 10.0 Å². The molecule has 1 heterocycles. The maximum absolute atomic E-state index is 13.6. The van der Waals surface area contributed by atoms with Gasteiger partial charge in [-0.15, -0.1) is 0 Å². The zero-order valence-electron chi connectivity index (χ0n) is 16.6. The molecule has 1 aliphatic rings. The van der Waals surface area contributed by atoms with Gasteiger partial charge in [0.1, 0.15) is 11.6 Å². The molecule has 6 nitrogen and oxygen atoms in total. The Kier molecular flexibility index (Phi) is 7.17. The number of ether oxygens (including phenoxy) is 2. The van der Waals surface area contributed by atoms with Crippen LogP contribution in [0, 0.1) is 11.6 Å². The minimum absolute atomic E-state index is 0.0336. The summed E-state index contributed by atoms with van der Waals surface area (Å²) in [7, 11) is 1.44. The first-order chi connectivity index (χ1) is 15.2. The van der Waals surface area contributed by atoms with Crippen LogP contribution in [-0.4, -0.2) is 30.6 Å². The molecule has 0 aromatic heterocycles. The zero-order valence-corrected chi connectivity index (χ0v) is 18.1. The molecule has 0 aliphatic carbocycles. The van der Waals surface area contributed by atoms with Crippen molar-refractivity contribution < 1.29 is 27.8 Å². The summed E-state index contributed by atoms with van der Waals surface area (Å²) >= 11 is 11.2. The van der Waals surface area contributed by atoms with E-state index in [1.165, 1.54) is 25.3 Å². The van der Waals surface area contributed by atoms with Crippen molar-refractivity contribution in [2.45, 2.75) is 0 Å². The Balaban J connectivity index is 0.000000222. The van der Waals surface area contributed by atoms with Crippen molar-refractivity contribution in [3.63, 3.8) is 0 Å². The van der Waals surface area contributed by atoms with Crippen molar-refractivity contribution >= 4 is 40.7 Å². The van der Waals surface area contributed by atoms with Crippen LogP contribution in [0.5, 0.6) is 11.5 Å². The summed E-state index contributed by atoms with van der Waals surface area (Å²) in [6.45, 7) is -0.356. The van der Waals surface area contributed by atoms with Gasteiger partial charge in [-0.25, -0.2) is 13.7 Å². The molecule has 0 spiro atoms. The molecule has 0 radical (unpaired) electrons. The van der Waals surface area contributed by atoms with Gasteiger partial charge in [0.05, 0.1) is 28.9 Å². The number of rotatable bonds is 4. The third kappa shape index (κ3) is 4.92. The number of hydrogen-bond donors (Lipinski definition) is 1. The second-order valence-corrected chi connectivity index (χ2v) is 7.28. The fraction of sp³-hybridized carbons (Fsp3) is 0.0909. The first kappa shape index (κ1) is 23.3. The lowest BCUT2D eigenvalue weighted by atomic mass is 10.1. The van der Waals surface area contributed by atoms with Gasteiger partial charge < -0.3 is 15.2 Å². The first-order valence-corrected chi connectivity index (χ1v) is 9.80. The van der Waals surface area contributed by atoms with E-state index in [-0.39, 0.29) is 28.2 Å². The molecular formula is C22H16Cl2F2N2O4. The van der Waals surface area contributed by atoms with E-state index >= 15 is 0 Å². The van der Waals surface area contributed by atoms with Gasteiger partial charge >= 0.3 is 0 Å². The molecule has 10 heteroatoms. The van der Waals surface area contributed by atoms with E-state index < -0.39 is 23.4 Å². The molecule has 1 aliphatic heterocycles. The predicted molar refractivity (Wildman–Crippen MR) is 116 cm³/mol. The summed E-state index contributed by atoms with van der Waals surface area (Å²) in [5, 5.41) is 0.458. The number of hydrogen-bond acceptors (Lipinski definition) is 5. The molecule has 0 atom stereocenters. The van der Waals surface area contributed by atoms with E-state index in [9.17, 15) is 18.4 Å². The van der Waals surface area contributed by atoms with E-state index in [2.05, 4.69) is 0 Å². The molecule has 0 fully saturated rings.